The van der Waals surface area contributed by atoms with Crippen LogP contribution in [0.1, 0.15) is 54.0 Å². The van der Waals surface area contributed by atoms with Gasteiger partial charge in [0.25, 0.3) is 0 Å². The van der Waals surface area contributed by atoms with Gasteiger partial charge in [-0.3, -0.25) is 9.59 Å². The molecular formula is C26H41N3O4. The molecule has 0 fully saturated rings. The molecular weight excluding hydrogens is 418 g/mol. The van der Waals surface area contributed by atoms with Gasteiger partial charge < -0.3 is 20.6 Å². The van der Waals surface area contributed by atoms with Gasteiger partial charge in [-0.05, 0) is 44.2 Å². The number of benzene rings is 1. The van der Waals surface area contributed by atoms with E-state index >= 15 is 0 Å². The van der Waals surface area contributed by atoms with E-state index in [1.165, 1.54) is 6.92 Å². The Morgan fingerprint density at radius 1 is 1.09 bits per heavy atom. The van der Waals surface area contributed by atoms with Gasteiger partial charge in [0, 0.05) is 12.6 Å². The van der Waals surface area contributed by atoms with Crippen molar-refractivity contribution in [3.63, 3.8) is 0 Å². The average molecular weight is 460 g/mol. The lowest BCUT2D eigenvalue weighted by atomic mass is 9.83. The lowest BCUT2D eigenvalue weighted by Crippen LogP contribution is -2.63. The Hall–Kier alpha value is -2.67. The molecule has 0 aliphatic carbocycles. The van der Waals surface area contributed by atoms with Crippen molar-refractivity contribution < 1.29 is 19.5 Å². The summed E-state index contributed by atoms with van der Waals surface area (Å²) in [5.41, 5.74) is -0.291. The quantitative estimate of drug-likeness (QED) is 0.467. The van der Waals surface area contributed by atoms with Crippen LogP contribution in [0.2, 0.25) is 0 Å². The van der Waals surface area contributed by atoms with Crippen LogP contribution >= 0.6 is 0 Å². The van der Waals surface area contributed by atoms with E-state index in [2.05, 4.69) is 10.6 Å². The Bertz CT molecular complexity index is 858. The van der Waals surface area contributed by atoms with E-state index in [0.29, 0.717) is 6.42 Å². The van der Waals surface area contributed by atoms with Crippen LogP contribution in [0.3, 0.4) is 0 Å². The number of nitrogens with zero attached hydrogens (tertiary/aromatic N) is 1. The molecule has 33 heavy (non-hydrogen) atoms. The number of hydrogen-bond donors (Lipinski definition) is 3. The maximum Gasteiger partial charge on any atom is 0.331 e. The number of carbonyl (C=O) groups excluding carboxylic acids is 2. The van der Waals surface area contributed by atoms with Crippen molar-refractivity contribution in [1.82, 2.24) is 15.5 Å². The molecule has 184 valence electrons. The van der Waals surface area contributed by atoms with Crippen molar-refractivity contribution >= 4 is 17.8 Å². The predicted molar refractivity (Wildman–Crippen MR) is 132 cm³/mol. The molecule has 1 aromatic carbocycles. The second kappa shape index (κ2) is 11.5. The average Bonchev–Trinajstić information content (AvgIpc) is 2.73. The van der Waals surface area contributed by atoms with E-state index in [1.54, 1.807) is 25.1 Å². The Morgan fingerprint density at radius 2 is 1.64 bits per heavy atom. The molecule has 1 aromatic rings. The molecule has 0 heterocycles. The topological polar surface area (TPSA) is 98.7 Å². The Balaban J connectivity index is 3.23. The molecule has 0 aromatic heterocycles. The first-order valence-electron chi connectivity index (χ1n) is 11.4. The monoisotopic (exact) mass is 459 g/mol. The molecule has 2 amide bonds. The first kappa shape index (κ1) is 28.4. The number of nitrogens with one attached hydrogen (secondary N) is 2. The molecule has 0 aliphatic heterocycles. The Morgan fingerprint density at radius 3 is 2.06 bits per heavy atom. The summed E-state index contributed by atoms with van der Waals surface area (Å²) in [5, 5.41) is 15.4. The molecule has 0 spiro atoms. The number of aliphatic carboxylic acids is 1. The van der Waals surface area contributed by atoms with Crippen molar-refractivity contribution in [3.8, 4) is 0 Å². The number of amides is 2. The zero-order chi connectivity index (χ0) is 25.6. The van der Waals surface area contributed by atoms with Gasteiger partial charge in [-0.15, -0.1) is 0 Å². The molecule has 0 radical (unpaired) electrons. The summed E-state index contributed by atoms with van der Waals surface area (Å²) in [6, 6.07) is 8.50. The fourth-order valence-electron chi connectivity index (χ4n) is 3.65. The fraction of sp³-hybridized carbons (Fsp3) is 0.577. The summed E-state index contributed by atoms with van der Waals surface area (Å²) in [4.78, 5) is 39.9. The van der Waals surface area contributed by atoms with Crippen molar-refractivity contribution in [2.75, 3.05) is 14.1 Å². The lowest BCUT2D eigenvalue weighted by Gasteiger charge is -2.39. The van der Waals surface area contributed by atoms with E-state index in [1.807, 2.05) is 71.9 Å². The summed E-state index contributed by atoms with van der Waals surface area (Å²) in [7, 11) is 3.39. The summed E-state index contributed by atoms with van der Waals surface area (Å²) in [5.74, 6) is -1.56. The van der Waals surface area contributed by atoms with E-state index in [0.717, 1.165) is 5.56 Å². The standard InChI is InChI=1S/C26H41N3O4/c1-17(2)20(15-18(3)23(31)32)29(9)22(30)21(25(4,5)6)28-24(33)26(7,27-8)16-19-13-11-10-12-14-19/h10-15,17,20-21,27H,16H2,1-9H3,(H,28,33)(H,31,32)/t20-,21-,26?/m1/s1. The largest absolute Gasteiger partial charge is 0.478 e. The van der Waals surface area contributed by atoms with Crippen LogP contribution in [-0.4, -0.2) is 59.5 Å². The van der Waals surface area contributed by atoms with Crippen LogP contribution in [0.15, 0.2) is 42.0 Å². The van der Waals surface area contributed by atoms with E-state index in [-0.39, 0.29) is 23.3 Å². The highest BCUT2D eigenvalue weighted by Crippen LogP contribution is 2.25. The second-order valence-electron chi connectivity index (χ2n) is 10.4. The van der Waals surface area contributed by atoms with E-state index in [9.17, 15) is 19.5 Å². The van der Waals surface area contributed by atoms with Crippen LogP contribution in [0.5, 0.6) is 0 Å². The van der Waals surface area contributed by atoms with Crippen LogP contribution in [0.4, 0.5) is 0 Å². The first-order chi connectivity index (χ1) is 15.1. The third kappa shape index (κ3) is 7.70. The number of carboxylic acids is 1. The second-order valence-corrected chi connectivity index (χ2v) is 10.4. The van der Waals surface area contributed by atoms with Crippen LogP contribution < -0.4 is 10.6 Å². The minimum atomic E-state index is -1.02. The molecule has 3 N–H and O–H groups in total. The maximum atomic E-state index is 13.6. The Labute approximate surface area is 198 Å². The first-order valence-corrected chi connectivity index (χ1v) is 11.4. The molecule has 1 rings (SSSR count). The lowest BCUT2D eigenvalue weighted by molar-refractivity contribution is -0.141. The van der Waals surface area contributed by atoms with Gasteiger partial charge in [-0.2, -0.15) is 0 Å². The van der Waals surface area contributed by atoms with Crippen molar-refractivity contribution in [3.05, 3.63) is 47.5 Å². The van der Waals surface area contributed by atoms with Crippen molar-refractivity contribution in [2.24, 2.45) is 11.3 Å². The van der Waals surface area contributed by atoms with Crippen LogP contribution in [0.25, 0.3) is 0 Å². The van der Waals surface area contributed by atoms with Gasteiger partial charge in [0.2, 0.25) is 11.8 Å². The molecule has 0 saturated heterocycles. The van der Waals surface area contributed by atoms with Gasteiger partial charge in [-0.25, -0.2) is 4.79 Å². The number of hydrogen-bond acceptors (Lipinski definition) is 4. The number of likely N-dealkylation sites (N-methyl/N-ethyl adjacent to an activating group) is 2. The van der Waals surface area contributed by atoms with Gasteiger partial charge in [-0.1, -0.05) is 71.0 Å². The van der Waals surface area contributed by atoms with Crippen LogP contribution in [-0.2, 0) is 20.8 Å². The Kier molecular flexibility index (Phi) is 9.85. The highest BCUT2D eigenvalue weighted by molar-refractivity contribution is 5.93. The van der Waals surface area contributed by atoms with E-state index < -0.39 is 29.0 Å². The minimum absolute atomic E-state index is 0.00905. The summed E-state index contributed by atoms with van der Waals surface area (Å²) >= 11 is 0. The van der Waals surface area contributed by atoms with Gasteiger partial charge in [0.05, 0.1) is 11.6 Å². The van der Waals surface area contributed by atoms with Crippen LogP contribution in [0, 0.1) is 11.3 Å². The molecule has 7 heteroatoms. The summed E-state index contributed by atoms with van der Waals surface area (Å²) in [6.45, 7) is 12.9. The molecule has 0 bridgehead atoms. The summed E-state index contributed by atoms with van der Waals surface area (Å²) in [6.07, 6.45) is 2.06. The number of carboxylic acid groups (broad SMARTS) is 1. The maximum absolute atomic E-state index is 13.6. The van der Waals surface area contributed by atoms with Gasteiger partial charge in [0.15, 0.2) is 0 Å². The van der Waals surface area contributed by atoms with Gasteiger partial charge >= 0.3 is 5.97 Å². The molecule has 0 aliphatic rings. The molecule has 0 saturated carbocycles. The van der Waals surface area contributed by atoms with Crippen molar-refractivity contribution in [2.45, 2.75) is 72.5 Å². The minimum Gasteiger partial charge on any atom is -0.478 e. The number of carbonyl (C=O) groups is 3. The fourth-order valence-corrected chi connectivity index (χ4v) is 3.65. The normalized spacial score (nSPS) is 16.0. The zero-order valence-corrected chi connectivity index (χ0v) is 21.5. The van der Waals surface area contributed by atoms with E-state index in [4.69, 9.17) is 0 Å². The smallest absolute Gasteiger partial charge is 0.331 e. The van der Waals surface area contributed by atoms with Crippen molar-refractivity contribution in [1.29, 1.82) is 0 Å². The van der Waals surface area contributed by atoms with Gasteiger partial charge in [0.1, 0.15) is 6.04 Å². The predicted octanol–water partition coefficient (Wildman–Crippen LogP) is 3.25. The third-order valence-corrected chi connectivity index (χ3v) is 6.08. The molecule has 7 nitrogen and oxygen atoms in total. The SMILES string of the molecule is CNC(C)(Cc1ccccc1)C(=O)N[C@H](C(=O)N(C)[C@H](C=C(C)C(=O)O)C(C)C)C(C)(C)C. The summed E-state index contributed by atoms with van der Waals surface area (Å²) < 4.78 is 0. The number of rotatable bonds is 10. The molecule has 3 atom stereocenters. The highest BCUT2D eigenvalue weighted by atomic mass is 16.4. The third-order valence-electron chi connectivity index (χ3n) is 6.08. The molecule has 1 unspecified atom stereocenters. The zero-order valence-electron chi connectivity index (χ0n) is 21.5. The highest BCUT2D eigenvalue weighted by Gasteiger charge is 2.41.